The highest BCUT2D eigenvalue weighted by Crippen LogP contribution is 2.33. The third kappa shape index (κ3) is 1.95. The summed E-state index contributed by atoms with van der Waals surface area (Å²) in [6.45, 7) is 2.55. The molecule has 19 heavy (non-hydrogen) atoms. The van der Waals surface area contributed by atoms with Crippen molar-refractivity contribution in [3.63, 3.8) is 0 Å². The van der Waals surface area contributed by atoms with Gasteiger partial charge in [-0.3, -0.25) is 0 Å². The van der Waals surface area contributed by atoms with Gasteiger partial charge in [-0.1, -0.05) is 6.07 Å². The van der Waals surface area contributed by atoms with E-state index in [-0.39, 0.29) is 0 Å². The molecular formula is C13H16N4OS. The van der Waals surface area contributed by atoms with Crippen LogP contribution in [-0.2, 0) is 4.74 Å². The lowest BCUT2D eigenvalue weighted by atomic mass is 10.1. The molecule has 0 aromatic carbocycles. The minimum absolute atomic E-state index is 0.333. The standard InChI is InChI=1S/C13H16N4OS/c1-2-11(19-7-1)10-3-5-14-13-15-12(16-17(10)13)9-4-6-18-8-9/h1-2,7,9-10H,3-6,8H2,(H,14,15,16). The van der Waals surface area contributed by atoms with Crippen LogP contribution in [0.5, 0.6) is 0 Å². The molecule has 1 saturated heterocycles. The number of nitrogens with zero attached hydrogens (tertiary/aromatic N) is 3. The Kier molecular flexibility index (Phi) is 2.77. The number of rotatable bonds is 2. The Morgan fingerprint density at radius 1 is 1.42 bits per heavy atom. The number of thiophene rings is 1. The molecule has 100 valence electrons. The summed E-state index contributed by atoms with van der Waals surface area (Å²) in [4.78, 5) is 6.02. The van der Waals surface area contributed by atoms with Crippen LogP contribution in [0.2, 0.25) is 0 Å². The summed E-state index contributed by atoms with van der Waals surface area (Å²) < 4.78 is 7.49. The van der Waals surface area contributed by atoms with Crippen molar-refractivity contribution < 1.29 is 4.74 Å². The number of fused-ring (bicyclic) bond motifs is 1. The molecule has 5 nitrogen and oxygen atoms in total. The minimum atomic E-state index is 0.333. The van der Waals surface area contributed by atoms with Gasteiger partial charge in [-0.15, -0.1) is 11.3 Å². The Morgan fingerprint density at radius 3 is 3.21 bits per heavy atom. The molecule has 0 spiro atoms. The van der Waals surface area contributed by atoms with Crippen LogP contribution in [0.4, 0.5) is 5.95 Å². The van der Waals surface area contributed by atoms with Crippen molar-refractivity contribution in [3.8, 4) is 0 Å². The molecule has 0 aliphatic carbocycles. The van der Waals surface area contributed by atoms with Gasteiger partial charge < -0.3 is 10.1 Å². The van der Waals surface area contributed by atoms with Gasteiger partial charge in [0.05, 0.1) is 12.6 Å². The maximum absolute atomic E-state index is 5.44. The second kappa shape index (κ2) is 4.61. The number of hydrogen-bond donors (Lipinski definition) is 1. The summed E-state index contributed by atoms with van der Waals surface area (Å²) in [6.07, 6.45) is 2.10. The van der Waals surface area contributed by atoms with Crippen molar-refractivity contribution in [2.24, 2.45) is 0 Å². The van der Waals surface area contributed by atoms with Gasteiger partial charge in [0.1, 0.15) is 0 Å². The fourth-order valence-electron chi connectivity index (χ4n) is 2.78. The summed E-state index contributed by atoms with van der Waals surface area (Å²) in [5.41, 5.74) is 0. The highest BCUT2D eigenvalue weighted by Gasteiger charge is 2.29. The third-order valence-corrected chi connectivity index (χ3v) is 4.78. The molecule has 0 bridgehead atoms. The van der Waals surface area contributed by atoms with Gasteiger partial charge in [0.25, 0.3) is 0 Å². The first-order valence-corrected chi connectivity index (χ1v) is 7.61. The molecule has 2 aliphatic heterocycles. The van der Waals surface area contributed by atoms with Crippen molar-refractivity contribution in [2.75, 3.05) is 25.1 Å². The molecule has 2 aromatic rings. The largest absolute Gasteiger partial charge is 0.381 e. The van der Waals surface area contributed by atoms with Gasteiger partial charge in [-0.2, -0.15) is 10.1 Å². The summed E-state index contributed by atoms with van der Waals surface area (Å²) in [7, 11) is 0. The molecule has 2 atom stereocenters. The molecule has 4 rings (SSSR count). The van der Waals surface area contributed by atoms with Crippen LogP contribution in [0, 0.1) is 0 Å². The predicted molar refractivity (Wildman–Crippen MR) is 73.8 cm³/mol. The third-order valence-electron chi connectivity index (χ3n) is 3.81. The number of aromatic nitrogens is 3. The smallest absolute Gasteiger partial charge is 0.222 e. The second-order valence-electron chi connectivity index (χ2n) is 5.05. The van der Waals surface area contributed by atoms with E-state index in [1.165, 1.54) is 4.88 Å². The minimum Gasteiger partial charge on any atom is -0.381 e. The highest BCUT2D eigenvalue weighted by atomic mass is 32.1. The number of nitrogens with one attached hydrogen (secondary N) is 1. The van der Waals surface area contributed by atoms with Crippen LogP contribution >= 0.6 is 11.3 Å². The Labute approximate surface area is 115 Å². The Morgan fingerprint density at radius 2 is 2.42 bits per heavy atom. The normalized spacial score (nSPS) is 26.1. The average Bonchev–Trinajstić information content (AvgIpc) is 3.18. The molecule has 4 heterocycles. The summed E-state index contributed by atoms with van der Waals surface area (Å²) in [5.74, 6) is 2.21. The van der Waals surface area contributed by atoms with Crippen molar-refractivity contribution in [1.29, 1.82) is 0 Å². The average molecular weight is 276 g/mol. The number of hydrogen-bond acceptors (Lipinski definition) is 5. The van der Waals surface area contributed by atoms with Crippen molar-refractivity contribution in [3.05, 3.63) is 28.2 Å². The molecule has 2 unspecified atom stereocenters. The van der Waals surface area contributed by atoms with E-state index in [0.29, 0.717) is 12.0 Å². The van der Waals surface area contributed by atoms with Gasteiger partial charge in [0.2, 0.25) is 5.95 Å². The van der Waals surface area contributed by atoms with Gasteiger partial charge in [-0.05, 0) is 24.3 Å². The van der Waals surface area contributed by atoms with E-state index in [0.717, 1.165) is 44.4 Å². The number of anilines is 1. The van der Waals surface area contributed by atoms with E-state index in [1.807, 2.05) is 0 Å². The Hall–Kier alpha value is -1.40. The molecule has 0 saturated carbocycles. The summed E-state index contributed by atoms with van der Waals surface area (Å²) >= 11 is 1.79. The first-order valence-electron chi connectivity index (χ1n) is 6.73. The van der Waals surface area contributed by atoms with E-state index >= 15 is 0 Å². The van der Waals surface area contributed by atoms with Crippen LogP contribution in [0.1, 0.15) is 35.5 Å². The molecule has 1 fully saturated rings. The van der Waals surface area contributed by atoms with E-state index < -0.39 is 0 Å². The zero-order valence-corrected chi connectivity index (χ0v) is 11.4. The quantitative estimate of drug-likeness (QED) is 0.914. The van der Waals surface area contributed by atoms with Crippen LogP contribution in [0.15, 0.2) is 17.5 Å². The van der Waals surface area contributed by atoms with Crippen molar-refractivity contribution in [2.45, 2.75) is 24.8 Å². The fraction of sp³-hybridized carbons (Fsp3) is 0.538. The summed E-state index contributed by atoms with van der Waals surface area (Å²) in [5, 5.41) is 10.2. The van der Waals surface area contributed by atoms with Gasteiger partial charge >= 0.3 is 0 Å². The van der Waals surface area contributed by atoms with Gasteiger partial charge in [0, 0.05) is 23.9 Å². The van der Waals surface area contributed by atoms with E-state index in [4.69, 9.17) is 9.84 Å². The second-order valence-corrected chi connectivity index (χ2v) is 6.02. The molecular weight excluding hydrogens is 260 g/mol. The first-order chi connectivity index (χ1) is 9.42. The number of ether oxygens (including phenoxy) is 1. The SMILES string of the molecule is c1csc(C2CCNc3nc(C4CCOC4)nn32)c1. The zero-order chi connectivity index (χ0) is 12.7. The Balaban J connectivity index is 1.70. The van der Waals surface area contributed by atoms with Crippen LogP contribution in [0.25, 0.3) is 0 Å². The first kappa shape index (κ1) is 11.4. The Bertz CT molecular complexity index is 559. The summed E-state index contributed by atoms with van der Waals surface area (Å²) in [6, 6.07) is 4.62. The zero-order valence-electron chi connectivity index (χ0n) is 10.6. The van der Waals surface area contributed by atoms with Crippen LogP contribution < -0.4 is 5.32 Å². The molecule has 0 amide bonds. The lowest BCUT2D eigenvalue weighted by molar-refractivity contribution is 0.193. The molecule has 6 heteroatoms. The maximum Gasteiger partial charge on any atom is 0.222 e. The van der Waals surface area contributed by atoms with E-state index in [9.17, 15) is 0 Å². The maximum atomic E-state index is 5.44. The molecule has 1 N–H and O–H groups in total. The van der Waals surface area contributed by atoms with E-state index in [1.54, 1.807) is 11.3 Å². The van der Waals surface area contributed by atoms with Crippen LogP contribution in [-0.4, -0.2) is 34.5 Å². The fourth-order valence-corrected chi connectivity index (χ4v) is 3.62. The molecule has 0 radical (unpaired) electrons. The van der Waals surface area contributed by atoms with E-state index in [2.05, 4.69) is 32.5 Å². The lowest BCUT2D eigenvalue weighted by Crippen LogP contribution is -2.24. The van der Waals surface area contributed by atoms with Gasteiger partial charge in [-0.25, -0.2) is 4.68 Å². The van der Waals surface area contributed by atoms with Gasteiger partial charge in [0.15, 0.2) is 5.82 Å². The van der Waals surface area contributed by atoms with Crippen molar-refractivity contribution >= 4 is 17.3 Å². The topological polar surface area (TPSA) is 52.0 Å². The molecule has 2 aromatic heterocycles. The van der Waals surface area contributed by atoms with Crippen molar-refractivity contribution in [1.82, 2.24) is 14.8 Å². The molecule has 2 aliphatic rings. The van der Waals surface area contributed by atoms with Crippen LogP contribution in [0.3, 0.4) is 0 Å². The lowest BCUT2D eigenvalue weighted by Gasteiger charge is -2.23. The monoisotopic (exact) mass is 276 g/mol. The predicted octanol–water partition coefficient (Wildman–Crippen LogP) is 2.25. The highest BCUT2D eigenvalue weighted by molar-refractivity contribution is 7.10.